The molecule has 0 spiro atoms. The topological polar surface area (TPSA) is 76.1 Å². The van der Waals surface area contributed by atoms with E-state index in [9.17, 15) is 14.7 Å². The Morgan fingerprint density at radius 1 is 0.375 bits per heavy atom. The number of hydrogen-bond donors (Lipinski definition) is 1. The van der Waals surface area contributed by atoms with Gasteiger partial charge in [0.15, 0.2) is 0 Å². The standard InChI is InChI=1S/C50H99NO5/c1-5-9-13-17-19-29-39-47(37-27-15-11-7-3)49(53)55-45-35-25-22-32-42-51(41-31-21-24-34-44-52)43-33-23-26-36-46-56-50(54)48(38-28-16-12-8-4)40-30-20-18-14-10-6-2/h47-48,52H,5-46H2,1-4H3/t47-,48?/m0/s1. The van der Waals surface area contributed by atoms with Crippen molar-refractivity contribution < 1.29 is 24.2 Å². The molecular formula is C50H99NO5. The number of ether oxygens (including phenoxy) is 2. The van der Waals surface area contributed by atoms with Crippen LogP contribution in [0.15, 0.2) is 0 Å². The highest BCUT2D eigenvalue weighted by Gasteiger charge is 2.20. The Hall–Kier alpha value is -1.14. The molecular weight excluding hydrogens is 695 g/mol. The largest absolute Gasteiger partial charge is 0.465 e. The summed E-state index contributed by atoms with van der Waals surface area (Å²) in [6, 6.07) is 0. The molecule has 0 aliphatic heterocycles. The van der Waals surface area contributed by atoms with E-state index in [1.165, 1.54) is 141 Å². The number of nitrogens with zero attached hydrogens (tertiary/aromatic N) is 1. The Balaban J connectivity index is 4.48. The van der Waals surface area contributed by atoms with Crippen molar-refractivity contribution in [2.45, 2.75) is 259 Å². The van der Waals surface area contributed by atoms with Gasteiger partial charge in [-0.3, -0.25) is 9.59 Å². The number of esters is 2. The van der Waals surface area contributed by atoms with Gasteiger partial charge in [-0.25, -0.2) is 0 Å². The minimum absolute atomic E-state index is 0.0612. The van der Waals surface area contributed by atoms with Crippen molar-refractivity contribution in [3.8, 4) is 0 Å². The summed E-state index contributed by atoms with van der Waals surface area (Å²) in [7, 11) is 0. The van der Waals surface area contributed by atoms with Crippen LogP contribution < -0.4 is 0 Å². The molecule has 0 aliphatic carbocycles. The lowest BCUT2D eigenvalue weighted by atomic mass is 9.94. The summed E-state index contributed by atoms with van der Waals surface area (Å²) in [5.41, 5.74) is 0. The normalized spacial score (nSPS) is 12.7. The van der Waals surface area contributed by atoms with Crippen LogP contribution in [-0.2, 0) is 19.1 Å². The van der Waals surface area contributed by atoms with Crippen molar-refractivity contribution in [1.82, 2.24) is 4.90 Å². The zero-order chi connectivity index (χ0) is 41.0. The average molecular weight is 794 g/mol. The van der Waals surface area contributed by atoms with Crippen LogP contribution in [0.5, 0.6) is 0 Å². The maximum atomic E-state index is 13.0. The fraction of sp³-hybridized carbons (Fsp3) is 0.960. The quantitative estimate of drug-likeness (QED) is 0.0489. The number of aliphatic hydroxyl groups is 1. The molecule has 56 heavy (non-hydrogen) atoms. The Morgan fingerprint density at radius 3 is 0.982 bits per heavy atom. The van der Waals surface area contributed by atoms with Gasteiger partial charge in [-0.15, -0.1) is 0 Å². The predicted molar refractivity (Wildman–Crippen MR) is 241 cm³/mol. The third kappa shape index (κ3) is 37.2. The van der Waals surface area contributed by atoms with Crippen LogP contribution >= 0.6 is 0 Å². The molecule has 6 heteroatoms. The van der Waals surface area contributed by atoms with Crippen molar-refractivity contribution in [3.05, 3.63) is 0 Å². The Kier molecular flexibility index (Phi) is 44.0. The first-order chi connectivity index (χ1) is 27.5. The highest BCUT2D eigenvalue weighted by atomic mass is 16.5. The highest BCUT2D eigenvalue weighted by molar-refractivity contribution is 5.72. The molecule has 1 N–H and O–H groups in total. The van der Waals surface area contributed by atoms with Gasteiger partial charge in [-0.05, 0) is 83.8 Å². The molecule has 0 amide bonds. The van der Waals surface area contributed by atoms with Gasteiger partial charge in [0, 0.05) is 6.61 Å². The molecule has 0 saturated heterocycles. The number of carbonyl (C=O) groups excluding carboxylic acids is 2. The molecule has 1 unspecified atom stereocenters. The van der Waals surface area contributed by atoms with Crippen LogP contribution in [0.2, 0.25) is 0 Å². The van der Waals surface area contributed by atoms with E-state index in [-0.39, 0.29) is 23.8 Å². The number of aliphatic hydroxyl groups excluding tert-OH is 1. The Labute approximate surface area is 350 Å². The summed E-state index contributed by atoms with van der Waals surface area (Å²) in [6.45, 7) is 13.9. The SMILES string of the molecule is CCCCCCCCC(CCCCCC)C(=O)OCCCCCCN(CCCCCCO)CCCCCCOC(=O)[C@@H](CCCCCC)CCCCCCCC. The zero-order valence-electron chi connectivity index (χ0n) is 38.4. The first-order valence-electron chi connectivity index (χ1n) is 25.2. The van der Waals surface area contributed by atoms with E-state index in [0.29, 0.717) is 19.8 Å². The number of unbranched alkanes of at least 4 members (excludes halogenated alkanes) is 25. The molecule has 0 aromatic rings. The molecule has 0 radical (unpaired) electrons. The Morgan fingerprint density at radius 2 is 0.643 bits per heavy atom. The van der Waals surface area contributed by atoms with Crippen LogP contribution in [-0.4, -0.2) is 61.4 Å². The molecule has 0 aromatic heterocycles. The first kappa shape index (κ1) is 54.9. The van der Waals surface area contributed by atoms with Crippen molar-refractivity contribution in [2.24, 2.45) is 11.8 Å². The summed E-state index contributed by atoms with van der Waals surface area (Å²) in [5.74, 6) is 0.310. The molecule has 0 bridgehead atoms. The van der Waals surface area contributed by atoms with Crippen molar-refractivity contribution in [1.29, 1.82) is 0 Å². The minimum Gasteiger partial charge on any atom is -0.465 e. The molecule has 2 atom stereocenters. The number of rotatable bonds is 46. The van der Waals surface area contributed by atoms with Gasteiger partial charge in [0.1, 0.15) is 0 Å². The third-order valence-corrected chi connectivity index (χ3v) is 11.9. The van der Waals surface area contributed by atoms with Gasteiger partial charge >= 0.3 is 11.9 Å². The van der Waals surface area contributed by atoms with Crippen LogP contribution in [0.1, 0.15) is 259 Å². The van der Waals surface area contributed by atoms with E-state index in [1.54, 1.807) is 0 Å². The van der Waals surface area contributed by atoms with E-state index in [2.05, 4.69) is 32.6 Å². The first-order valence-corrected chi connectivity index (χ1v) is 25.2. The van der Waals surface area contributed by atoms with Gasteiger partial charge in [-0.1, -0.05) is 195 Å². The summed E-state index contributed by atoms with van der Waals surface area (Å²) >= 11 is 0. The van der Waals surface area contributed by atoms with Crippen molar-refractivity contribution in [2.75, 3.05) is 39.5 Å². The van der Waals surface area contributed by atoms with E-state index in [1.807, 2.05) is 0 Å². The fourth-order valence-corrected chi connectivity index (χ4v) is 8.04. The van der Waals surface area contributed by atoms with E-state index < -0.39 is 0 Å². The average Bonchev–Trinajstić information content (AvgIpc) is 3.20. The monoisotopic (exact) mass is 794 g/mol. The van der Waals surface area contributed by atoms with Crippen molar-refractivity contribution in [3.63, 3.8) is 0 Å². The maximum absolute atomic E-state index is 13.0. The molecule has 6 nitrogen and oxygen atoms in total. The summed E-state index contributed by atoms with van der Waals surface area (Å²) in [6.07, 6.45) is 42.3. The van der Waals surface area contributed by atoms with Gasteiger partial charge < -0.3 is 19.5 Å². The fourth-order valence-electron chi connectivity index (χ4n) is 8.04. The third-order valence-electron chi connectivity index (χ3n) is 11.9. The van der Waals surface area contributed by atoms with Gasteiger partial charge in [0.05, 0.1) is 25.0 Å². The second kappa shape index (κ2) is 45.0. The van der Waals surface area contributed by atoms with Crippen LogP contribution in [0.4, 0.5) is 0 Å². The van der Waals surface area contributed by atoms with E-state index in [4.69, 9.17) is 9.47 Å². The smallest absolute Gasteiger partial charge is 0.308 e. The van der Waals surface area contributed by atoms with E-state index in [0.717, 1.165) is 110 Å². The molecule has 0 rings (SSSR count). The summed E-state index contributed by atoms with van der Waals surface area (Å²) in [4.78, 5) is 28.7. The molecule has 0 aromatic carbocycles. The lowest BCUT2D eigenvalue weighted by molar-refractivity contribution is -0.150. The zero-order valence-corrected chi connectivity index (χ0v) is 38.4. The molecule has 0 aliphatic rings. The summed E-state index contributed by atoms with van der Waals surface area (Å²) in [5, 5.41) is 9.17. The highest BCUT2D eigenvalue weighted by Crippen LogP contribution is 2.22. The van der Waals surface area contributed by atoms with Gasteiger partial charge in [0.25, 0.3) is 0 Å². The minimum atomic E-state index is 0.0612. The molecule has 0 heterocycles. The predicted octanol–water partition coefficient (Wildman–Crippen LogP) is 14.7. The lowest BCUT2D eigenvalue weighted by Crippen LogP contribution is -2.27. The van der Waals surface area contributed by atoms with Gasteiger partial charge in [-0.2, -0.15) is 0 Å². The van der Waals surface area contributed by atoms with Crippen LogP contribution in [0.25, 0.3) is 0 Å². The Bertz CT molecular complexity index is 748. The lowest BCUT2D eigenvalue weighted by Gasteiger charge is -2.22. The molecule has 334 valence electrons. The number of carbonyl (C=O) groups is 2. The van der Waals surface area contributed by atoms with Crippen molar-refractivity contribution >= 4 is 11.9 Å². The second-order valence-corrected chi connectivity index (χ2v) is 17.3. The second-order valence-electron chi connectivity index (χ2n) is 17.3. The van der Waals surface area contributed by atoms with Gasteiger partial charge in [0.2, 0.25) is 0 Å². The summed E-state index contributed by atoms with van der Waals surface area (Å²) < 4.78 is 11.7. The molecule has 0 saturated carbocycles. The maximum Gasteiger partial charge on any atom is 0.308 e. The molecule has 0 fully saturated rings. The number of hydrogen-bond acceptors (Lipinski definition) is 6. The van der Waals surface area contributed by atoms with Crippen LogP contribution in [0, 0.1) is 11.8 Å². The van der Waals surface area contributed by atoms with E-state index >= 15 is 0 Å². The van der Waals surface area contributed by atoms with Crippen LogP contribution in [0.3, 0.4) is 0 Å².